The van der Waals surface area contributed by atoms with Gasteiger partial charge in [-0.2, -0.15) is 0 Å². The molecule has 1 aliphatic heterocycles. The number of nitrogens with zero attached hydrogens (tertiary/aromatic N) is 3. The van der Waals surface area contributed by atoms with Crippen LogP contribution in [0.3, 0.4) is 0 Å². The van der Waals surface area contributed by atoms with Crippen LogP contribution in [0.2, 0.25) is 0 Å². The highest BCUT2D eigenvalue weighted by molar-refractivity contribution is 5.96. The molecule has 0 spiro atoms. The molecule has 1 saturated heterocycles. The Hall–Kier alpha value is -1.85. The number of rotatable bonds is 3. The SMILES string of the molecule is CCc1cc(CN2C(=O)[C@H](C)N(C)C(=O)[C@@H]2C)on1. The van der Waals surface area contributed by atoms with Crippen LogP contribution in [0.25, 0.3) is 0 Å². The smallest absolute Gasteiger partial charge is 0.246 e. The number of amides is 2. The zero-order chi connectivity index (χ0) is 14.2. The van der Waals surface area contributed by atoms with Gasteiger partial charge >= 0.3 is 0 Å². The Balaban J connectivity index is 2.18. The molecule has 1 aromatic heterocycles. The van der Waals surface area contributed by atoms with Crippen molar-refractivity contribution in [2.24, 2.45) is 0 Å². The highest BCUT2D eigenvalue weighted by atomic mass is 16.5. The summed E-state index contributed by atoms with van der Waals surface area (Å²) in [6.07, 6.45) is 0.783. The maximum absolute atomic E-state index is 12.2. The average Bonchev–Trinajstić information content (AvgIpc) is 2.87. The predicted octanol–water partition coefficient (Wildman–Crippen LogP) is 0.815. The standard InChI is InChI=1S/C13H19N3O3/c1-5-10-6-11(19-14-10)7-16-9(3)12(17)15(4)8(2)13(16)18/h6,8-9H,5,7H2,1-4H3/t8-,9-/m0/s1. The lowest BCUT2D eigenvalue weighted by atomic mass is 10.1. The minimum Gasteiger partial charge on any atom is -0.359 e. The van der Waals surface area contributed by atoms with Gasteiger partial charge in [-0.15, -0.1) is 0 Å². The fourth-order valence-electron chi connectivity index (χ4n) is 2.20. The fourth-order valence-corrected chi connectivity index (χ4v) is 2.20. The monoisotopic (exact) mass is 265 g/mol. The van der Waals surface area contributed by atoms with Gasteiger partial charge in [-0.3, -0.25) is 9.59 Å². The van der Waals surface area contributed by atoms with Gasteiger partial charge in [0.05, 0.1) is 12.2 Å². The van der Waals surface area contributed by atoms with E-state index < -0.39 is 12.1 Å². The van der Waals surface area contributed by atoms with Crippen molar-refractivity contribution in [2.75, 3.05) is 7.05 Å². The van der Waals surface area contributed by atoms with Gasteiger partial charge in [-0.05, 0) is 20.3 Å². The van der Waals surface area contributed by atoms with Gasteiger partial charge in [0, 0.05) is 13.1 Å². The summed E-state index contributed by atoms with van der Waals surface area (Å²) in [5.74, 6) is 0.494. The molecule has 2 rings (SSSR count). The van der Waals surface area contributed by atoms with Crippen LogP contribution in [0, 0.1) is 0 Å². The van der Waals surface area contributed by atoms with E-state index in [0.717, 1.165) is 12.1 Å². The fraction of sp³-hybridized carbons (Fsp3) is 0.615. The maximum atomic E-state index is 12.2. The van der Waals surface area contributed by atoms with E-state index in [1.54, 1.807) is 25.8 Å². The molecule has 0 radical (unpaired) electrons. The molecular weight excluding hydrogens is 246 g/mol. The minimum absolute atomic E-state index is 0.0534. The van der Waals surface area contributed by atoms with Crippen LogP contribution >= 0.6 is 0 Å². The van der Waals surface area contributed by atoms with E-state index in [1.165, 1.54) is 4.90 Å². The second-order valence-electron chi connectivity index (χ2n) is 4.91. The molecule has 0 aliphatic carbocycles. The number of aromatic nitrogens is 1. The van der Waals surface area contributed by atoms with Gasteiger partial charge in [0.25, 0.3) is 0 Å². The third-order valence-electron chi connectivity index (χ3n) is 3.69. The zero-order valence-electron chi connectivity index (χ0n) is 11.7. The Morgan fingerprint density at radius 1 is 1.26 bits per heavy atom. The molecule has 1 aromatic rings. The van der Waals surface area contributed by atoms with Crippen LogP contribution < -0.4 is 0 Å². The first-order chi connectivity index (χ1) is 8.95. The van der Waals surface area contributed by atoms with Crippen molar-refractivity contribution in [1.82, 2.24) is 15.0 Å². The summed E-state index contributed by atoms with van der Waals surface area (Å²) in [4.78, 5) is 27.3. The van der Waals surface area contributed by atoms with Gasteiger partial charge in [0.15, 0.2) is 5.76 Å². The molecule has 104 valence electrons. The largest absolute Gasteiger partial charge is 0.359 e. The summed E-state index contributed by atoms with van der Waals surface area (Å²) in [7, 11) is 1.66. The molecule has 0 bridgehead atoms. The van der Waals surface area contributed by atoms with Crippen LogP contribution in [0.15, 0.2) is 10.6 Å². The van der Waals surface area contributed by atoms with Crippen molar-refractivity contribution in [2.45, 2.75) is 45.8 Å². The molecule has 0 aromatic carbocycles. The first-order valence-corrected chi connectivity index (χ1v) is 6.47. The van der Waals surface area contributed by atoms with Crippen LogP contribution in [0.5, 0.6) is 0 Å². The number of hydrogen-bond acceptors (Lipinski definition) is 4. The number of piperazine rings is 1. The van der Waals surface area contributed by atoms with E-state index in [9.17, 15) is 9.59 Å². The molecule has 2 atom stereocenters. The first kappa shape index (κ1) is 13.6. The van der Waals surface area contributed by atoms with E-state index in [-0.39, 0.29) is 18.4 Å². The molecule has 2 amide bonds. The topological polar surface area (TPSA) is 66.7 Å². The van der Waals surface area contributed by atoms with Gasteiger partial charge in [-0.1, -0.05) is 12.1 Å². The summed E-state index contributed by atoms with van der Waals surface area (Å²) in [6.45, 7) is 5.74. The van der Waals surface area contributed by atoms with Gasteiger partial charge in [0.2, 0.25) is 11.8 Å². The molecular formula is C13H19N3O3. The number of carbonyl (C=O) groups excluding carboxylic acids is 2. The van der Waals surface area contributed by atoms with Crippen LogP contribution in [-0.2, 0) is 22.6 Å². The van der Waals surface area contributed by atoms with Crippen molar-refractivity contribution >= 4 is 11.8 Å². The van der Waals surface area contributed by atoms with E-state index in [0.29, 0.717) is 5.76 Å². The Morgan fingerprint density at radius 2 is 1.95 bits per heavy atom. The molecule has 1 fully saturated rings. The molecule has 0 unspecified atom stereocenters. The number of carbonyl (C=O) groups is 2. The summed E-state index contributed by atoms with van der Waals surface area (Å²) in [6, 6.07) is 0.925. The second-order valence-corrected chi connectivity index (χ2v) is 4.91. The summed E-state index contributed by atoms with van der Waals surface area (Å²) >= 11 is 0. The molecule has 6 heteroatoms. The quantitative estimate of drug-likeness (QED) is 0.811. The van der Waals surface area contributed by atoms with Gasteiger partial charge < -0.3 is 14.3 Å². The third-order valence-corrected chi connectivity index (χ3v) is 3.69. The van der Waals surface area contributed by atoms with Gasteiger partial charge in [0.1, 0.15) is 12.1 Å². The van der Waals surface area contributed by atoms with Crippen LogP contribution in [0.4, 0.5) is 0 Å². The van der Waals surface area contributed by atoms with Gasteiger partial charge in [-0.25, -0.2) is 0 Å². The van der Waals surface area contributed by atoms with Crippen molar-refractivity contribution in [3.63, 3.8) is 0 Å². The van der Waals surface area contributed by atoms with E-state index in [1.807, 2.05) is 13.0 Å². The lowest BCUT2D eigenvalue weighted by Crippen LogP contribution is -2.61. The molecule has 1 aliphatic rings. The lowest BCUT2D eigenvalue weighted by molar-refractivity contribution is -0.159. The molecule has 6 nitrogen and oxygen atoms in total. The number of hydrogen-bond donors (Lipinski definition) is 0. The maximum Gasteiger partial charge on any atom is 0.246 e. The lowest BCUT2D eigenvalue weighted by Gasteiger charge is -2.40. The van der Waals surface area contributed by atoms with E-state index >= 15 is 0 Å². The number of likely N-dealkylation sites (N-methyl/N-ethyl adjacent to an activating group) is 1. The van der Waals surface area contributed by atoms with Crippen molar-refractivity contribution in [3.05, 3.63) is 17.5 Å². The summed E-state index contributed by atoms with van der Waals surface area (Å²) in [5, 5.41) is 3.89. The summed E-state index contributed by atoms with van der Waals surface area (Å²) in [5.41, 5.74) is 0.851. The van der Waals surface area contributed by atoms with Crippen molar-refractivity contribution in [1.29, 1.82) is 0 Å². The van der Waals surface area contributed by atoms with E-state index in [2.05, 4.69) is 5.16 Å². The first-order valence-electron chi connectivity index (χ1n) is 6.47. The molecule has 0 N–H and O–H groups in total. The molecule has 0 saturated carbocycles. The Kier molecular flexibility index (Phi) is 3.59. The predicted molar refractivity (Wildman–Crippen MR) is 68.1 cm³/mol. The molecule has 2 heterocycles. The Morgan fingerprint density at radius 3 is 2.53 bits per heavy atom. The van der Waals surface area contributed by atoms with Crippen molar-refractivity contribution in [3.8, 4) is 0 Å². The molecule has 19 heavy (non-hydrogen) atoms. The van der Waals surface area contributed by atoms with Crippen molar-refractivity contribution < 1.29 is 14.1 Å². The minimum atomic E-state index is -0.469. The zero-order valence-corrected chi connectivity index (χ0v) is 11.7. The Bertz CT molecular complexity index is 497. The highest BCUT2D eigenvalue weighted by Gasteiger charge is 2.40. The average molecular weight is 265 g/mol. The highest BCUT2D eigenvalue weighted by Crippen LogP contribution is 2.19. The number of aryl methyl sites for hydroxylation is 1. The van der Waals surface area contributed by atoms with Crippen LogP contribution in [-0.4, -0.2) is 45.9 Å². The third kappa shape index (κ3) is 2.34. The normalized spacial score (nSPS) is 24.2. The van der Waals surface area contributed by atoms with E-state index in [4.69, 9.17) is 4.52 Å². The van der Waals surface area contributed by atoms with Crippen LogP contribution in [0.1, 0.15) is 32.2 Å². The summed E-state index contributed by atoms with van der Waals surface area (Å²) < 4.78 is 5.18. The Labute approximate surface area is 112 Å². The second kappa shape index (κ2) is 5.03.